The number of carbonyl (C=O) groups is 2. The fourth-order valence-electron chi connectivity index (χ4n) is 2.66. The first kappa shape index (κ1) is 17.2. The van der Waals surface area contributed by atoms with Crippen molar-refractivity contribution in [2.24, 2.45) is 5.41 Å². The van der Waals surface area contributed by atoms with Crippen LogP contribution in [0.4, 0.5) is 5.69 Å². The Bertz CT molecular complexity index is 752. The van der Waals surface area contributed by atoms with Crippen LogP contribution in [-0.2, 0) is 0 Å². The third-order valence-corrected chi connectivity index (χ3v) is 4.76. The molecule has 2 amide bonds. The number of carbonyl (C=O) groups excluding carboxylic acids is 2. The van der Waals surface area contributed by atoms with Crippen LogP contribution in [0.25, 0.3) is 0 Å². The zero-order valence-electron chi connectivity index (χ0n) is 14.2. The number of amides is 2. The van der Waals surface area contributed by atoms with Gasteiger partial charge >= 0.3 is 0 Å². The van der Waals surface area contributed by atoms with Gasteiger partial charge in [-0.1, -0.05) is 18.2 Å². The highest BCUT2D eigenvalue weighted by molar-refractivity contribution is 6.06. The second kappa shape index (κ2) is 7.07. The minimum atomic E-state index is -0.185. The van der Waals surface area contributed by atoms with E-state index in [0.717, 1.165) is 18.5 Å². The summed E-state index contributed by atoms with van der Waals surface area (Å²) in [5, 5.41) is 12.1. The zero-order chi connectivity index (χ0) is 17.9. The standard InChI is InChI=1S/C20H22N2O3/c1-22(17-5-3-2-4-6-17)19(25)16-9-7-15(8-10-16)18(24)21-13-20(14-23)11-12-20/h2-10,23H,11-14H2,1H3,(H,21,24). The van der Waals surface area contributed by atoms with Gasteiger partial charge in [0.15, 0.2) is 0 Å². The van der Waals surface area contributed by atoms with E-state index in [1.807, 2.05) is 30.3 Å². The summed E-state index contributed by atoms with van der Waals surface area (Å²) in [5.74, 6) is -0.314. The third kappa shape index (κ3) is 3.88. The molecule has 25 heavy (non-hydrogen) atoms. The molecular weight excluding hydrogens is 316 g/mol. The summed E-state index contributed by atoms with van der Waals surface area (Å²) in [6.45, 7) is 0.590. The Morgan fingerprint density at radius 3 is 2.20 bits per heavy atom. The summed E-state index contributed by atoms with van der Waals surface area (Å²) >= 11 is 0. The van der Waals surface area contributed by atoms with Gasteiger partial charge in [-0.15, -0.1) is 0 Å². The van der Waals surface area contributed by atoms with Crippen LogP contribution in [0.2, 0.25) is 0 Å². The molecule has 1 fully saturated rings. The molecule has 0 radical (unpaired) electrons. The second-order valence-corrected chi connectivity index (χ2v) is 6.62. The van der Waals surface area contributed by atoms with Crippen molar-refractivity contribution >= 4 is 17.5 Å². The van der Waals surface area contributed by atoms with Crippen LogP contribution in [0.15, 0.2) is 54.6 Å². The van der Waals surface area contributed by atoms with Crippen molar-refractivity contribution in [3.05, 3.63) is 65.7 Å². The van der Waals surface area contributed by atoms with Gasteiger partial charge in [-0.25, -0.2) is 0 Å². The van der Waals surface area contributed by atoms with Gasteiger partial charge in [-0.05, 0) is 49.2 Å². The van der Waals surface area contributed by atoms with Crippen molar-refractivity contribution < 1.29 is 14.7 Å². The maximum absolute atomic E-state index is 12.5. The molecular formula is C20H22N2O3. The van der Waals surface area contributed by atoms with E-state index in [-0.39, 0.29) is 23.8 Å². The maximum atomic E-state index is 12.5. The number of rotatable bonds is 6. The minimum absolute atomic E-state index is 0.104. The van der Waals surface area contributed by atoms with Crippen LogP contribution in [0.1, 0.15) is 33.6 Å². The molecule has 2 aromatic rings. The van der Waals surface area contributed by atoms with E-state index >= 15 is 0 Å². The van der Waals surface area contributed by atoms with E-state index < -0.39 is 0 Å². The molecule has 3 rings (SSSR count). The number of nitrogens with one attached hydrogen (secondary N) is 1. The molecule has 2 aromatic carbocycles. The normalized spacial score (nSPS) is 14.6. The smallest absolute Gasteiger partial charge is 0.258 e. The van der Waals surface area contributed by atoms with Crippen molar-refractivity contribution in [1.82, 2.24) is 5.32 Å². The van der Waals surface area contributed by atoms with Crippen LogP contribution < -0.4 is 10.2 Å². The highest BCUT2D eigenvalue weighted by atomic mass is 16.3. The number of benzene rings is 2. The first-order chi connectivity index (χ1) is 12.0. The molecule has 0 heterocycles. The van der Waals surface area contributed by atoms with E-state index in [1.54, 1.807) is 36.2 Å². The molecule has 1 aliphatic rings. The molecule has 1 saturated carbocycles. The number of aliphatic hydroxyl groups is 1. The maximum Gasteiger partial charge on any atom is 0.258 e. The van der Waals surface area contributed by atoms with Gasteiger partial charge in [-0.2, -0.15) is 0 Å². The Morgan fingerprint density at radius 1 is 1.04 bits per heavy atom. The molecule has 1 aliphatic carbocycles. The van der Waals surface area contributed by atoms with Gasteiger partial charge in [0, 0.05) is 35.8 Å². The number of para-hydroxylation sites is 1. The Labute approximate surface area is 147 Å². The van der Waals surface area contributed by atoms with Crippen LogP contribution in [-0.4, -0.2) is 37.1 Å². The first-order valence-corrected chi connectivity index (χ1v) is 8.37. The van der Waals surface area contributed by atoms with Crippen molar-refractivity contribution in [1.29, 1.82) is 0 Å². The van der Waals surface area contributed by atoms with E-state index in [0.29, 0.717) is 17.7 Å². The monoisotopic (exact) mass is 338 g/mol. The average molecular weight is 338 g/mol. The summed E-state index contributed by atoms with van der Waals surface area (Å²) in [5.41, 5.74) is 1.72. The second-order valence-electron chi connectivity index (χ2n) is 6.62. The predicted octanol–water partition coefficient (Wildman–Crippen LogP) is 2.47. The largest absolute Gasteiger partial charge is 0.396 e. The molecule has 5 heteroatoms. The molecule has 0 saturated heterocycles. The van der Waals surface area contributed by atoms with Crippen LogP contribution in [0.5, 0.6) is 0 Å². The summed E-state index contributed by atoms with van der Waals surface area (Å²) in [7, 11) is 1.72. The lowest BCUT2D eigenvalue weighted by atomic mass is 10.1. The number of hydrogen-bond acceptors (Lipinski definition) is 3. The molecule has 2 N–H and O–H groups in total. The zero-order valence-corrected chi connectivity index (χ0v) is 14.2. The van der Waals surface area contributed by atoms with E-state index in [9.17, 15) is 14.7 Å². The predicted molar refractivity (Wildman–Crippen MR) is 96.7 cm³/mol. The number of anilines is 1. The third-order valence-electron chi connectivity index (χ3n) is 4.76. The Morgan fingerprint density at radius 2 is 1.64 bits per heavy atom. The highest BCUT2D eigenvalue weighted by Crippen LogP contribution is 2.44. The first-order valence-electron chi connectivity index (χ1n) is 8.37. The molecule has 0 atom stereocenters. The summed E-state index contributed by atoms with van der Waals surface area (Å²) in [4.78, 5) is 26.3. The fraction of sp³-hybridized carbons (Fsp3) is 0.300. The van der Waals surface area contributed by atoms with Crippen molar-refractivity contribution in [2.75, 3.05) is 25.1 Å². The van der Waals surface area contributed by atoms with Gasteiger partial charge in [0.2, 0.25) is 0 Å². The number of aliphatic hydroxyl groups excluding tert-OH is 1. The van der Waals surface area contributed by atoms with Crippen LogP contribution in [0, 0.1) is 5.41 Å². The quantitative estimate of drug-likeness (QED) is 0.850. The van der Waals surface area contributed by atoms with E-state index in [2.05, 4.69) is 5.32 Å². The Hall–Kier alpha value is -2.66. The van der Waals surface area contributed by atoms with Crippen LogP contribution in [0.3, 0.4) is 0 Å². The molecule has 0 spiro atoms. The topological polar surface area (TPSA) is 69.6 Å². The average Bonchev–Trinajstić information content (AvgIpc) is 3.46. The number of nitrogens with zero attached hydrogens (tertiary/aromatic N) is 1. The molecule has 5 nitrogen and oxygen atoms in total. The van der Waals surface area contributed by atoms with Crippen LogP contribution >= 0.6 is 0 Å². The van der Waals surface area contributed by atoms with Gasteiger partial charge < -0.3 is 15.3 Å². The van der Waals surface area contributed by atoms with E-state index in [1.165, 1.54) is 0 Å². The Kier molecular flexibility index (Phi) is 4.86. The van der Waals surface area contributed by atoms with Gasteiger partial charge in [0.25, 0.3) is 11.8 Å². The summed E-state index contributed by atoms with van der Waals surface area (Å²) in [6, 6.07) is 16.0. The van der Waals surface area contributed by atoms with Gasteiger partial charge in [0.1, 0.15) is 0 Å². The van der Waals surface area contributed by atoms with Crippen molar-refractivity contribution in [3.63, 3.8) is 0 Å². The minimum Gasteiger partial charge on any atom is -0.396 e. The van der Waals surface area contributed by atoms with Crippen molar-refractivity contribution in [2.45, 2.75) is 12.8 Å². The molecule has 0 aromatic heterocycles. The lowest BCUT2D eigenvalue weighted by Gasteiger charge is -2.17. The SMILES string of the molecule is CN(C(=O)c1ccc(C(=O)NCC2(CO)CC2)cc1)c1ccccc1. The molecule has 130 valence electrons. The lowest BCUT2D eigenvalue weighted by Crippen LogP contribution is -2.32. The summed E-state index contributed by atoms with van der Waals surface area (Å²) in [6.07, 6.45) is 1.89. The molecule has 0 bridgehead atoms. The lowest BCUT2D eigenvalue weighted by molar-refractivity contribution is 0.0933. The van der Waals surface area contributed by atoms with Gasteiger partial charge in [0.05, 0.1) is 6.61 Å². The molecule has 0 unspecified atom stereocenters. The summed E-state index contributed by atoms with van der Waals surface area (Å²) < 4.78 is 0. The highest BCUT2D eigenvalue weighted by Gasteiger charge is 2.42. The molecule has 0 aliphatic heterocycles. The van der Waals surface area contributed by atoms with Crippen molar-refractivity contribution in [3.8, 4) is 0 Å². The fourth-order valence-corrected chi connectivity index (χ4v) is 2.66. The van der Waals surface area contributed by atoms with Gasteiger partial charge in [-0.3, -0.25) is 9.59 Å². The Balaban J connectivity index is 1.63. The number of hydrogen-bond donors (Lipinski definition) is 2. The van der Waals surface area contributed by atoms with E-state index in [4.69, 9.17) is 0 Å².